The summed E-state index contributed by atoms with van der Waals surface area (Å²) < 4.78 is 13.5. The largest absolute Gasteiger partial charge is 0.378 e. The summed E-state index contributed by atoms with van der Waals surface area (Å²) in [5.41, 5.74) is 5.64. The molecule has 0 spiro atoms. The van der Waals surface area contributed by atoms with E-state index in [1.807, 2.05) is 0 Å². The van der Waals surface area contributed by atoms with Crippen molar-refractivity contribution in [3.63, 3.8) is 0 Å². The third-order valence-electron chi connectivity index (χ3n) is 1.82. The Labute approximate surface area is 88.9 Å². The maximum absolute atomic E-state index is 13.2. The molecule has 1 aromatic carbocycles. The Morgan fingerprint density at radius 1 is 1.64 bits per heavy atom. The number of primary amides is 1. The number of halogens is 2. The molecule has 5 heteroatoms. The molecule has 1 atom stereocenters. The summed E-state index contributed by atoms with van der Waals surface area (Å²) >= 11 is 3.03. The van der Waals surface area contributed by atoms with Gasteiger partial charge in [0, 0.05) is 0 Å². The highest BCUT2D eigenvalue weighted by atomic mass is 79.9. The first-order valence-corrected chi connectivity index (χ1v) is 4.65. The summed E-state index contributed by atoms with van der Waals surface area (Å²) in [5.74, 6) is -1.42. The molecule has 0 aliphatic heterocycles. The number of carbonyl (C=O) groups is 1. The lowest BCUT2D eigenvalue weighted by Crippen LogP contribution is -2.21. The van der Waals surface area contributed by atoms with Crippen LogP contribution in [-0.2, 0) is 4.79 Å². The van der Waals surface area contributed by atoms with E-state index in [1.165, 1.54) is 6.07 Å². The van der Waals surface area contributed by atoms with Crippen LogP contribution < -0.4 is 5.73 Å². The molecule has 76 valence electrons. The molecule has 0 saturated carbocycles. The van der Waals surface area contributed by atoms with Gasteiger partial charge in [-0.05, 0) is 40.0 Å². The van der Waals surface area contributed by atoms with Gasteiger partial charge >= 0.3 is 0 Å². The molecule has 0 aliphatic carbocycles. The van der Waals surface area contributed by atoms with Crippen molar-refractivity contribution >= 4 is 21.8 Å². The van der Waals surface area contributed by atoms with E-state index < -0.39 is 17.8 Å². The van der Waals surface area contributed by atoms with Crippen LogP contribution in [-0.4, -0.2) is 11.0 Å². The first-order chi connectivity index (χ1) is 6.43. The minimum atomic E-state index is -1.46. The van der Waals surface area contributed by atoms with E-state index >= 15 is 0 Å². The van der Waals surface area contributed by atoms with Gasteiger partial charge in [-0.3, -0.25) is 4.79 Å². The van der Waals surface area contributed by atoms with Gasteiger partial charge in [-0.15, -0.1) is 0 Å². The lowest BCUT2D eigenvalue weighted by molar-refractivity contribution is -0.126. The fraction of sp³-hybridized carbons (Fsp3) is 0.222. The van der Waals surface area contributed by atoms with Gasteiger partial charge in [0.15, 0.2) is 6.10 Å². The van der Waals surface area contributed by atoms with Crippen LogP contribution in [0.2, 0.25) is 0 Å². The van der Waals surface area contributed by atoms with E-state index in [2.05, 4.69) is 15.9 Å². The van der Waals surface area contributed by atoms with Gasteiger partial charge in [-0.1, -0.05) is 6.07 Å². The fourth-order valence-electron chi connectivity index (χ4n) is 1.08. The SMILES string of the molecule is Cc1cc(C(O)C(N)=O)cc(F)c1Br. The summed E-state index contributed by atoms with van der Waals surface area (Å²) in [6.07, 6.45) is -1.46. The second-order valence-electron chi connectivity index (χ2n) is 2.94. The summed E-state index contributed by atoms with van der Waals surface area (Å²) in [6.45, 7) is 1.66. The molecule has 1 aromatic rings. The highest BCUT2D eigenvalue weighted by molar-refractivity contribution is 9.10. The van der Waals surface area contributed by atoms with Gasteiger partial charge in [-0.25, -0.2) is 4.39 Å². The number of hydrogen-bond acceptors (Lipinski definition) is 2. The van der Waals surface area contributed by atoms with Crippen LogP contribution in [0.3, 0.4) is 0 Å². The Morgan fingerprint density at radius 3 is 2.64 bits per heavy atom. The van der Waals surface area contributed by atoms with Crippen LogP contribution in [0.25, 0.3) is 0 Å². The van der Waals surface area contributed by atoms with Crippen molar-refractivity contribution in [3.8, 4) is 0 Å². The Kier molecular flexibility index (Phi) is 3.23. The highest BCUT2D eigenvalue weighted by Crippen LogP contribution is 2.24. The molecule has 3 nitrogen and oxygen atoms in total. The predicted octanol–water partition coefficient (Wildman–Crippen LogP) is 1.42. The predicted molar refractivity (Wildman–Crippen MR) is 53.0 cm³/mol. The smallest absolute Gasteiger partial charge is 0.250 e. The lowest BCUT2D eigenvalue weighted by atomic mass is 10.1. The number of rotatable bonds is 2. The number of nitrogens with two attached hydrogens (primary N) is 1. The van der Waals surface area contributed by atoms with Crippen LogP contribution in [0.4, 0.5) is 4.39 Å². The molecule has 1 rings (SSSR count). The quantitative estimate of drug-likeness (QED) is 0.846. The van der Waals surface area contributed by atoms with E-state index in [0.29, 0.717) is 10.0 Å². The fourth-order valence-corrected chi connectivity index (χ4v) is 1.30. The number of aliphatic hydroxyl groups excluding tert-OH is 1. The monoisotopic (exact) mass is 261 g/mol. The van der Waals surface area contributed by atoms with Crippen LogP contribution in [0, 0.1) is 12.7 Å². The van der Waals surface area contributed by atoms with Crippen molar-refractivity contribution in [1.82, 2.24) is 0 Å². The molecule has 3 N–H and O–H groups in total. The Hall–Kier alpha value is -0.940. The Morgan fingerprint density at radius 2 is 2.21 bits per heavy atom. The third-order valence-corrected chi connectivity index (χ3v) is 2.82. The summed E-state index contributed by atoms with van der Waals surface area (Å²) in [5, 5.41) is 9.28. The highest BCUT2D eigenvalue weighted by Gasteiger charge is 2.16. The van der Waals surface area contributed by atoms with Gasteiger partial charge in [0.2, 0.25) is 0 Å². The van der Waals surface area contributed by atoms with E-state index in [4.69, 9.17) is 5.73 Å². The van der Waals surface area contributed by atoms with Gasteiger partial charge in [0.25, 0.3) is 5.91 Å². The summed E-state index contributed by atoms with van der Waals surface area (Å²) in [4.78, 5) is 10.6. The standard InChI is InChI=1S/C9H9BrFNO2/c1-4-2-5(8(13)9(12)14)3-6(11)7(4)10/h2-3,8,13H,1H3,(H2,12,14). The van der Waals surface area contributed by atoms with Crippen molar-refractivity contribution in [2.45, 2.75) is 13.0 Å². The Bertz CT molecular complexity index is 358. The molecule has 0 bridgehead atoms. The molecule has 0 aliphatic rings. The molecule has 0 aromatic heterocycles. The van der Waals surface area contributed by atoms with Crippen molar-refractivity contribution in [2.24, 2.45) is 5.73 Å². The van der Waals surface area contributed by atoms with E-state index in [1.54, 1.807) is 6.92 Å². The normalized spacial score (nSPS) is 12.6. The van der Waals surface area contributed by atoms with Gasteiger partial charge in [0.05, 0.1) is 4.47 Å². The average molecular weight is 262 g/mol. The van der Waals surface area contributed by atoms with Crippen molar-refractivity contribution in [2.75, 3.05) is 0 Å². The molecule has 0 radical (unpaired) electrons. The van der Waals surface area contributed by atoms with E-state index in [0.717, 1.165) is 6.07 Å². The van der Waals surface area contributed by atoms with Crippen molar-refractivity contribution < 1.29 is 14.3 Å². The van der Waals surface area contributed by atoms with Crippen LogP contribution in [0.5, 0.6) is 0 Å². The zero-order chi connectivity index (χ0) is 10.9. The molecule has 1 amide bonds. The Balaban J connectivity index is 3.19. The molecule has 0 fully saturated rings. The summed E-state index contributed by atoms with van der Waals surface area (Å²) in [6, 6.07) is 2.58. The molecule has 14 heavy (non-hydrogen) atoms. The molecular weight excluding hydrogens is 253 g/mol. The number of hydrogen-bond donors (Lipinski definition) is 2. The molecule has 0 heterocycles. The van der Waals surface area contributed by atoms with Crippen LogP contribution >= 0.6 is 15.9 Å². The minimum Gasteiger partial charge on any atom is -0.378 e. The second kappa shape index (κ2) is 4.06. The number of carbonyl (C=O) groups excluding carboxylic acids is 1. The molecule has 1 unspecified atom stereocenters. The van der Waals surface area contributed by atoms with Crippen LogP contribution in [0.15, 0.2) is 16.6 Å². The number of aryl methyl sites for hydroxylation is 1. The van der Waals surface area contributed by atoms with E-state index in [-0.39, 0.29) is 5.56 Å². The lowest BCUT2D eigenvalue weighted by Gasteiger charge is -2.09. The van der Waals surface area contributed by atoms with Crippen molar-refractivity contribution in [1.29, 1.82) is 0 Å². The number of benzene rings is 1. The van der Waals surface area contributed by atoms with Crippen LogP contribution in [0.1, 0.15) is 17.2 Å². The topological polar surface area (TPSA) is 63.3 Å². The van der Waals surface area contributed by atoms with Gasteiger partial charge < -0.3 is 10.8 Å². The first kappa shape index (κ1) is 11.1. The van der Waals surface area contributed by atoms with Gasteiger partial charge in [-0.2, -0.15) is 0 Å². The van der Waals surface area contributed by atoms with E-state index in [9.17, 15) is 14.3 Å². The van der Waals surface area contributed by atoms with Gasteiger partial charge in [0.1, 0.15) is 5.82 Å². The second-order valence-corrected chi connectivity index (χ2v) is 3.73. The average Bonchev–Trinajstić information content (AvgIpc) is 2.12. The number of amides is 1. The third kappa shape index (κ3) is 2.10. The van der Waals surface area contributed by atoms with Crippen molar-refractivity contribution in [3.05, 3.63) is 33.5 Å². The maximum atomic E-state index is 13.2. The minimum absolute atomic E-state index is 0.163. The number of aliphatic hydroxyl groups is 1. The summed E-state index contributed by atoms with van der Waals surface area (Å²) in [7, 11) is 0. The maximum Gasteiger partial charge on any atom is 0.250 e. The molecule has 0 saturated heterocycles. The zero-order valence-corrected chi connectivity index (χ0v) is 9.01. The first-order valence-electron chi connectivity index (χ1n) is 3.86. The molecular formula is C9H9BrFNO2. The zero-order valence-electron chi connectivity index (χ0n) is 7.42.